The lowest BCUT2D eigenvalue weighted by Crippen LogP contribution is -2.23. The van der Waals surface area contributed by atoms with Crippen LogP contribution in [0.2, 0.25) is 0 Å². The Morgan fingerprint density at radius 2 is 2.00 bits per heavy atom. The summed E-state index contributed by atoms with van der Waals surface area (Å²) in [4.78, 5) is 56.1. The average Bonchev–Trinajstić information content (AvgIpc) is 3.03. The van der Waals surface area contributed by atoms with Gasteiger partial charge in [-0.2, -0.15) is 0 Å². The van der Waals surface area contributed by atoms with Crippen molar-refractivity contribution < 1.29 is 19.1 Å². The highest BCUT2D eigenvalue weighted by Crippen LogP contribution is 2.27. The molecule has 9 nitrogen and oxygen atoms in total. The molecule has 1 aromatic carbocycles. The summed E-state index contributed by atoms with van der Waals surface area (Å²) in [7, 11) is 0. The molecule has 0 saturated heterocycles. The first kappa shape index (κ1) is 21.2. The Kier molecular flexibility index (Phi) is 6.26. The van der Waals surface area contributed by atoms with E-state index >= 15 is 0 Å². The number of aromatic nitrogens is 2. The first-order chi connectivity index (χ1) is 14.3. The number of amides is 2. The monoisotopic (exact) mass is 428 g/mol. The first-order valence-corrected chi connectivity index (χ1v) is 9.97. The molecule has 2 amide bonds. The van der Waals surface area contributed by atoms with E-state index < -0.39 is 18.5 Å². The van der Waals surface area contributed by atoms with Crippen LogP contribution < -0.4 is 16.2 Å². The zero-order chi connectivity index (χ0) is 21.8. The van der Waals surface area contributed by atoms with Crippen molar-refractivity contribution in [3.05, 3.63) is 56.4 Å². The molecule has 10 heteroatoms. The summed E-state index contributed by atoms with van der Waals surface area (Å²) in [5.41, 5.74) is 0.948. The number of fused-ring (bicyclic) bond motifs is 1. The van der Waals surface area contributed by atoms with Gasteiger partial charge < -0.3 is 20.4 Å². The number of ether oxygens (including phenoxy) is 1. The summed E-state index contributed by atoms with van der Waals surface area (Å²) in [5, 5.41) is 5.60. The minimum atomic E-state index is -0.709. The van der Waals surface area contributed by atoms with Crippen molar-refractivity contribution in [1.82, 2.24) is 15.3 Å². The number of H-pyrrole nitrogens is 1. The van der Waals surface area contributed by atoms with E-state index in [0.717, 1.165) is 11.3 Å². The quantitative estimate of drug-likeness (QED) is 0.516. The maximum absolute atomic E-state index is 12.4. The second kappa shape index (κ2) is 8.87. The number of anilines is 1. The second-order valence-corrected chi connectivity index (χ2v) is 7.45. The smallest absolute Gasteiger partial charge is 0.349 e. The van der Waals surface area contributed by atoms with Crippen LogP contribution in [0.4, 0.5) is 5.69 Å². The number of nitrogens with one attached hydrogen (secondary N) is 3. The van der Waals surface area contributed by atoms with E-state index in [4.69, 9.17) is 4.74 Å². The van der Waals surface area contributed by atoms with Gasteiger partial charge in [0.25, 0.3) is 17.4 Å². The predicted octanol–water partition coefficient (Wildman–Crippen LogP) is 2.15. The zero-order valence-electron chi connectivity index (χ0n) is 16.6. The molecule has 156 valence electrons. The Bertz CT molecular complexity index is 1200. The molecule has 2 aromatic heterocycles. The fraction of sp³-hybridized carbons (Fsp3) is 0.250. The molecular formula is C20H20N4O5S. The van der Waals surface area contributed by atoms with E-state index in [1.807, 2.05) is 6.92 Å². The third-order valence-corrected chi connectivity index (χ3v) is 5.35. The van der Waals surface area contributed by atoms with Crippen LogP contribution in [0.25, 0.3) is 10.2 Å². The van der Waals surface area contributed by atoms with Gasteiger partial charge in [-0.25, -0.2) is 9.78 Å². The average molecular weight is 428 g/mol. The van der Waals surface area contributed by atoms with Crippen LogP contribution in [-0.4, -0.2) is 40.9 Å². The van der Waals surface area contributed by atoms with Crippen molar-refractivity contribution in [3.63, 3.8) is 0 Å². The summed E-state index contributed by atoms with van der Waals surface area (Å²) in [5.74, 6) is -1.07. The SMILES string of the molecule is CCNC(=O)c1cccc(NC(=O)COC(=O)c2sc3nc(C)[nH]c(=O)c3c2C)c1. The largest absolute Gasteiger partial charge is 0.451 e. The van der Waals surface area contributed by atoms with Gasteiger partial charge in [-0.1, -0.05) is 6.07 Å². The van der Waals surface area contributed by atoms with E-state index in [9.17, 15) is 19.2 Å². The van der Waals surface area contributed by atoms with Gasteiger partial charge in [0.05, 0.1) is 5.39 Å². The third-order valence-electron chi connectivity index (χ3n) is 4.18. The molecule has 3 N–H and O–H groups in total. The maximum Gasteiger partial charge on any atom is 0.349 e. The Morgan fingerprint density at radius 1 is 1.23 bits per heavy atom. The lowest BCUT2D eigenvalue weighted by Gasteiger charge is -2.08. The molecule has 0 spiro atoms. The van der Waals surface area contributed by atoms with Gasteiger partial charge in [-0.3, -0.25) is 14.4 Å². The standard InChI is InChI=1S/C20H20N4O5S/c1-4-21-17(26)12-6-5-7-13(8-12)24-14(25)9-29-20(28)16-10(2)15-18(27)22-11(3)23-19(15)30-16/h5-8H,4,9H2,1-3H3,(H,21,26)(H,24,25)(H,22,23,27). The van der Waals surface area contributed by atoms with Crippen LogP contribution in [0.1, 0.15) is 38.3 Å². The van der Waals surface area contributed by atoms with E-state index in [2.05, 4.69) is 20.6 Å². The van der Waals surface area contributed by atoms with Gasteiger partial charge >= 0.3 is 5.97 Å². The highest BCUT2D eigenvalue weighted by atomic mass is 32.1. The van der Waals surface area contributed by atoms with Crippen molar-refractivity contribution in [3.8, 4) is 0 Å². The van der Waals surface area contributed by atoms with Gasteiger partial charge in [0.2, 0.25) is 0 Å². The molecule has 0 radical (unpaired) electrons. The summed E-state index contributed by atoms with van der Waals surface area (Å²) in [6.07, 6.45) is 0. The Labute approximate surface area is 175 Å². The van der Waals surface area contributed by atoms with Gasteiger partial charge in [0.1, 0.15) is 15.5 Å². The normalized spacial score (nSPS) is 10.6. The van der Waals surface area contributed by atoms with Crippen molar-refractivity contribution in [2.75, 3.05) is 18.5 Å². The predicted molar refractivity (Wildman–Crippen MR) is 113 cm³/mol. The molecule has 0 atom stereocenters. The highest BCUT2D eigenvalue weighted by molar-refractivity contribution is 7.20. The number of hydrogen-bond donors (Lipinski definition) is 3. The van der Waals surface area contributed by atoms with E-state index in [1.54, 1.807) is 32.0 Å². The highest BCUT2D eigenvalue weighted by Gasteiger charge is 2.21. The fourth-order valence-electron chi connectivity index (χ4n) is 2.84. The number of carbonyl (C=O) groups excluding carboxylic acids is 3. The zero-order valence-corrected chi connectivity index (χ0v) is 17.4. The lowest BCUT2D eigenvalue weighted by molar-refractivity contribution is -0.119. The lowest BCUT2D eigenvalue weighted by atomic mass is 10.2. The fourth-order valence-corrected chi connectivity index (χ4v) is 3.96. The molecule has 0 aliphatic heterocycles. The molecule has 0 fully saturated rings. The minimum Gasteiger partial charge on any atom is -0.451 e. The number of aromatic amines is 1. The van der Waals surface area contributed by atoms with Gasteiger partial charge in [0, 0.05) is 17.8 Å². The van der Waals surface area contributed by atoms with Gasteiger partial charge in [-0.05, 0) is 44.5 Å². The number of carbonyl (C=O) groups is 3. The molecule has 0 bridgehead atoms. The Morgan fingerprint density at radius 3 is 2.73 bits per heavy atom. The summed E-state index contributed by atoms with van der Waals surface area (Å²) in [6.45, 7) is 5.07. The number of hydrogen-bond acceptors (Lipinski definition) is 7. The first-order valence-electron chi connectivity index (χ1n) is 9.15. The summed E-state index contributed by atoms with van der Waals surface area (Å²) >= 11 is 1.04. The number of esters is 1. The topological polar surface area (TPSA) is 130 Å². The van der Waals surface area contributed by atoms with Crippen LogP contribution in [0.3, 0.4) is 0 Å². The van der Waals surface area contributed by atoms with E-state index in [-0.39, 0.29) is 16.3 Å². The second-order valence-electron chi connectivity index (χ2n) is 6.45. The minimum absolute atomic E-state index is 0.222. The molecule has 0 saturated carbocycles. The Balaban J connectivity index is 1.66. The molecular weight excluding hydrogens is 408 g/mol. The molecule has 3 aromatic rings. The number of aryl methyl sites for hydroxylation is 2. The Hall–Kier alpha value is -3.53. The maximum atomic E-state index is 12.4. The summed E-state index contributed by atoms with van der Waals surface area (Å²) < 4.78 is 5.10. The van der Waals surface area contributed by atoms with Crippen molar-refractivity contribution in [2.45, 2.75) is 20.8 Å². The van der Waals surface area contributed by atoms with E-state index in [0.29, 0.717) is 39.4 Å². The number of benzene rings is 1. The number of thiophene rings is 1. The molecule has 0 aliphatic carbocycles. The molecule has 2 heterocycles. The van der Waals surface area contributed by atoms with Crippen LogP contribution >= 0.6 is 11.3 Å². The van der Waals surface area contributed by atoms with Crippen molar-refractivity contribution in [1.29, 1.82) is 0 Å². The molecule has 30 heavy (non-hydrogen) atoms. The number of rotatable bonds is 6. The molecule has 0 unspecified atom stereocenters. The van der Waals surface area contributed by atoms with Crippen molar-refractivity contribution >= 4 is 45.0 Å². The molecule has 3 rings (SSSR count). The molecule has 0 aliphatic rings. The van der Waals surface area contributed by atoms with Crippen LogP contribution in [0.15, 0.2) is 29.1 Å². The van der Waals surface area contributed by atoms with Crippen LogP contribution in [0, 0.1) is 13.8 Å². The van der Waals surface area contributed by atoms with Crippen LogP contribution in [0.5, 0.6) is 0 Å². The number of nitrogens with zero attached hydrogens (tertiary/aromatic N) is 1. The third kappa shape index (κ3) is 4.54. The van der Waals surface area contributed by atoms with Gasteiger partial charge in [-0.15, -0.1) is 11.3 Å². The van der Waals surface area contributed by atoms with Gasteiger partial charge in [0.15, 0.2) is 6.61 Å². The van der Waals surface area contributed by atoms with Crippen LogP contribution in [-0.2, 0) is 9.53 Å². The van der Waals surface area contributed by atoms with E-state index in [1.165, 1.54) is 6.07 Å². The summed E-state index contributed by atoms with van der Waals surface area (Å²) in [6, 6.07) is 6.42. The van der Waals surface area contributed by atoms with Crippen molar-refractivity contribution in [2.24, 2.45) is 0 Å².